The van der Waals surface area contributed by atoms with E-state index in [1.807, 2.05) is 6.07 Å². The topological polar surface area (TPSA) is 12.9 Å². The van der Waals surface area contributed by atoms with Crippen LogP contribution in [-0.2, 0) is 0 Å². The fraction of sp³-hybridized carbons (Fsp3) is 0.375. The largest absolute Gasteiger partial charge is 0.243 e. The zero-order valence-corrected chi connectivity index (χ0v) is 7.95. The molecule has 0 unspecified atom stereocenters. The third-order valence-corrected chi connectivity index (χ3v) is 2.28. The van der Waals surface area contributed by atoms with Gasteiger partial charge in [0.2, 0.25) is 0 Å². The van der Waals surface area contributed by atoms with Crippen LogP contribution in [0, 0.1) is 0 Å². The summed E-state index contributed by atoms with van der Waals surface area (Å²) in [5.41, 5.74) is 1.05. The van der Waals surface area contributed by atoms with Gasteiger partial charge in [-0.15, -0.1) is 0 Å². The Morgan fingerprint density at radius 1 is 1.36 bits per heavy atom. The molecular formula is C8H9Cl2N. The monoisotopic (exact) mass is 189 g/mol. The van der Waals surface area contributed by atoms with Crippen molar-refractivity contribution in [3.63, 3.8) is 0 Å². The maximum atomic E-state index is 5.89. The molecule has 1 nitrogen and oxygen atoms in total. The van der Waals surface area contributed by atoms with Gasteiger partial charge in [-0.25, -0.2) is 4.98 Å². The molecule has 0 aliphatic carbocycles. The summed E-state index contributed by atoms with van der Waals surface area (Å²) in [6.07, 6.45) is 1.67. The first-order valence-electron chi connectivity index (χ1n) is 3.43. The number of pyridine rings is 1. The van der Waals surface area contributed by atoms with E-state index in [4.69, 9.17) is 23.2 Å². The first-order valence-corrected chi connectivity index (χ1v) is 4.18. The second-order valence-corrected chi connectivity index (χ2v) is 3.40. The number of halogens is 2. The summed E-state index contributed by atoms with van der Waals surface area (Å²) >= 11 is 11.6. The van der Waals surface area contributed by atoms with Gasteiger partial charge < -0.3 is 0 Å². The van der Waals surface area contributed by atoms with E-state index in [1.54, 1.807) is 6.20 Å². The van der Waals surface area contributed by atoms with Crippen LogP contribution in [0.1, 0.15) is 25.3 Å². The maximum Gasteiger partial charge on any atom is 0.147 e. The molecule has 0 spiro atoms. The Labute approximate surface area is 76.4 Å². The van der Waals surface area contributed by atoms with Crippen molar-refractivity contribution in [3.05, 3.63) is 28.0 Å². The lowest BCUT2D eigenvalue weighted by atomic mass is 10.1. The molecule has 0 amide bonds. The number of aromatic nitrogens is 1. The summed E-state index contributed by atoms with van der Waals surface area (Å²) in [6.45, 7) is 4.13. The molecule has 0 aliphatic heterocycles. The molecule has 0 fully saturated rings. The van der Waals surface area contributed by atoms with E-state index in [0.29, 0.717) is 16.1 Å². The standard InChI is InChI=1S/C8H9Cl2N/c1-5(2)6-3-4-11-8(10)7(6)9/h3-5H,1-2H3. The van der Waals surface area contributed by atoms with Gasteiger partial charge in [0.25, 0.3) is 0 Å². The van der Waals surface area contributed by atoms with E-state index in [0.717, 1.165) is 5.56 Å². The number of hydrogen-bond acceptors (Lipinski definition) is 1. The van der Waals surface area contributed by atoms with Crippen LogP contribution in [0.2, 0.25) is 10.2 Å². The van der Waals surface area contributed by atoms with E-state index >= 15 is 0 Å². The highest BCUT2D eigenvalue weighted by molar-refractivity contribution is 6.41. The Hall–Kier alpha value is -0.270. The minimum atomic E-state index is 0.387. The Morgan fingerprint density at radius 2 is 2.00 bits per heavy atom. The highest BCUT2D eigenvalue weighted by atomic mass is 35.5. The normalized spacial score (nSPS) is 10.6. The molecule has 60 valence electrons. The minimum Gasteiger partial charge on any atom is -0.243 e. The van der Waals surface area contributed by atoms with Crippen molar-refractivity contribution in [2.45, 2.75) is 19.8 Å². The molecule has 0 bridgehead atoms. The van der Waals surface area contributed by atoms with Gasteiger partial charge in [-0.3, -0.25) is 0 Å². The minimum absolute atomic E-state index is 0.387. The van der Waals surface area contributed by atoms with E-state index in [-0.39, 0.29) is 0 Å². The molecule has 0 atom stereocenters. The van der Waals surface area contributed by atoms with Gasteiger partial charge in [0.05, 0.1) is 5.02 Å². The lowest BCUT2D eigenvalue weighted by Crippen LogP contribution is -1.90. The van der Waals surface area contributed by atoms with Crippen LogP contribution in [-0.4, -0.2) is 4.98 Å². The van der Waals surface area contributed by atoms with Crippen LogP contribution in [0.4, 0.5) is 0 Å². The molecular weight excluding hydrogens is 181 g/mol. The van der Waals surface area contributed by atoms with Crippen LogP contribution in [0.5, 0.6) is 0 Å². The molecule has 0 N–H and O–H groups in total. The molecule has 0 radical (unpaired) electrons. The summed E-state index contributed by atoms with van der Waals surface area (Å²) in [4.78, 5) is 3.86. The van der Waals surface area contributed by atoms with Gasteiger partial charge in [0.1, 0.15) is 5.15 Å². The Balaban J connectivity index is 3.17. The van der Waals surface area contributed by atoms with Crippen molar-refractivity contribution in [1.82, 2.24) is 4.98 Å². The Kier molecular flexibility index (Phi) is 2.74. The second-order valence-electron chi connectivity index (χ2n) is 2.66. The molecule has 1 aromatic rings. The van der Waals surface area contributed by atoms with E-state index in [9.17, 15) is 0 Å². The lowest BCUT2D eigenvalue weighted by molar-refractivity contribution is 0.863. The smallest absolute Gasteiger partial charge is 0.147 e. The number of hydrogen-bond donors (Lipinski definition) is 0. The highest BCUT2D eigenvalue weighted by Gasteiger charge is 2.07. The third-order valence-electron chi connectivity index (χ3n) is 1.50. The van der Waals surface area contributed by atoms with Crippen molar-refractivity contribution in [2.24, 2.45) is 0 Å². The zero-order chi connectivity index (χ0) is 8.43. The molecule has 1 heterocycles. The van der Waals surface area contributed by atoms with Crippen molar-refractivity contribution >= 4 is 23.2 Å². The Morgan fingerprint density at radius 3 is 2.45 bits per heavy atom. The zero-order valence-electron chi connectivity index (χ0n) is 6.44. The number of rotatable bonds is 1. The van der Waals surface area contributed by atoms with Crippen molar-refractivity contribution in [1.29, 1.82) is 0 Å². The quantitative estimate of drug-likeness (QED) is 0.617. The second kappa shape index (κ2) is 3.42. The molecule has 0 aromatic carbocycles. The molecule has 11 heavy (non-hydrogen) atoms. The molecule has 1 aromatic heterocycles. The lowest BCUT2D eigenvalue weighted by Gasteiger charge is -2.07. The van der Waals surface area contributed by atoms with Gasteiger partial charge in [0, 0.05) is 6.20 Å². The first kappa shape index (κ1) is 8.82. The van der Waals surface area contributed by atoms with Gasteiger partial charge in [-0.2, -0.15) is 0 Å². The predicted octanol–water partition coefficient (Wildman–Crippen LogP) is 3.51. The van der Waals surface area contributed by atoms with Crippen molar-refractivity contribution in [2.75, 3.05) is 0 Å². The van der Waals surface area contributed by atoms with Gasteiger partial charge in [-0.1, -0.05) is 37.0 Å². The molecule has 1 rings (SSSR count). The molecule has 0 saturated heterocycles. The summed E-state index contributed by atoms with van der Waals surface area (Å²) in [6, 6.07) is 1.89. The maximum absolute atomic E-state index is 5.89. The summed E-state index contributed by atoms with van der Waals surface area (Å²) in [5, 5.41) is 0.960. The average molecular weight is 190 g/mol. The summed E-state index contributed by atoms with van der Waals surface area (Å²) in [7, 11) is 0. The average Bonchev–Trinajstić information content (AvgIpc) is 1.94. The van der Waals surface area contributed by atoms with Crippen LogP contribution in [0.3, 0.4) is 0 Å². The molecule has 3 heteroatoms. The summed E-state index contributed by atoms with van der Waals surface area (Å²) in [5.74, 6) is 0.392. The van der Waals surface area contributed by atoms with E-state index < -0.39 is 0 Å². The van der Waals surface area contributed by atoms with Crippen molar-refractivity contribution < 1.29 is 0 Å². The highest BCUT2D eigenvalue weighted by Crippen LogP contribution is 2.28. The van der Waals surface area contributed by atoms with Crippen LogP contribution >= 0.6 is 23.2 Å². The van der Waals surface area contributed by atoms with E-state index in [1.165, 1.54) is 0 Å². The van der Waals surface area contributed by atoms with Gasteiger partial charge in [-0.05, 0) is 17.5 Å². The SMILES string of the molecule is CC(C)c1ccnc(Cl)c1Cl. The van der Waals surface area contributed by atoms with Gasteiger partial charge in [0.15, 0.2) is 0 Å². The molecule has 0 saturated carbocycles. The fourth-order valence-electron chi connectivity index (χ4n) is 0.878. The van der Waals surface area contributed by atoms with Crippen LogP contribution < -0.4 is 0 Å². The summed E-state index contributed by atoms with van der Waals surface area (Å²) < 4.78 is 0. The van der Waals surface area contributed by atoms with Crippen LogP contribution in [0.25, 0.3) is 0 Å². The first-order chi connectivity index (χ1) is 5.13. The van der Waals surface area contributed by atoms with E-state index in [2.05, 4.69) is 18.8 Å². The third kappa shape index (κ3) is 1.85. The molecule has 0 aliphatic rings. The van der Waals surface area contributed by atoms with Gasteiger partial charge >= 0.3 is 0 Å². The van der Waals surface area contributed by atoms with Crippen LogP contribution in [0.15, 0.2) is 12.3 Å². The fourth-order valence-corrected chi connectivity index (χ4v) is 1.37. The van der Waals surface area contributed by atoms with Crippen molar-refractivity contribution in [3.8, 4) is 0 Å². The number of nitrogens with zero attached hydrogens (tertiary/aromatic N) is 1. The Bertz CT molecular complexity index is 258. The predicted molar refractivity (Wildman–Crippen MR) is 48.3 cm³/mol.